The molecule has 0 unspecified atom stereocenters. The maximum Gasteiger partial charge on any atom is 0.128 e. The second kappa shape index (κ2) is 7.46. The van der Waals surface area contributed by atoms with Crippen LogP contribution in [-0.2, 0) is 0 Å². The van der Waals surface area contributed by atoms with Gasteiger partial charge in [-0.2, -0.15) is 0 Å². The highest BCUT2D eigenvalue weighted by atomic mass is 15.2. The van der Waals surface area contributed by atoms with E-state index in [0.29, 0.717) is 11.9 Å². The SMILES string of the molecule is CCCCC[C@@H](c1cccnc1N)N1CCNCC1. The number of nitrogens with two attached hydrogens (primary N) is 1. The molecule has 3 N–H and O–H groups in total. The minimum atomic E-state index is 0.433. The lowest BCUT2D eigenvalue weighted by molar-refractivity contribution is 0.163. The van der Waals surface area contributed by atoms with Gasteiger partial charge in [-0.05, 0) is 12.5 Å². The molecule has 0 spiro atoms. The van der Waals surface area contributed by atoms with Crippen molar-refractivity contribution in [3.63, 3.8) is 0 Å². The number of nitrogens with one attached hydrogen (secondary N) is 1. The maximum atomic E-state index is 6.08. The second-order valence-electron chi connectivity index (χ2n) is 5.28. The van der Waals surface area contributed by atoms with E-state index >= 15 is 0 Å². The smallest absolute Gasteiger partial charge is 0.128 e. The van der Waals surface area contributed by atoms with Gasteiger partial charge in [-0.15, -0.1) is 0 Å². The van der Waals surface area contributed by atoms with Gasteiger partial charge in [-0.1, -0.05) is 32.3 Å². The zero-order valence-electron chi connectivity index (χ0n) is 11.9. The van der Waals surface area contributed by atoms with Crippen LogP contribution in [0.15, 0.2) is 18.3 Å². The molecule has 0 saturated carbocycles. The molecule has 0 radical (unpaired) electrons. The van der Waals surface area contributed by atoms with Crippen molar-refractivity contribution in [1.82, 2.24) is 15.2 Å². The summed E-state index contributed by atoms with van der Waals surface area (Å²) in [5.74, 6) is 0.697. The van der Waals surface area contributed by atoms with Crippen LogP contribution in [0.25, 0.3) is 0 Å². The molecular formula is C15H26N4. The lowest BCUT2D eigenvalue weighted by Gasteiger charge is -2.35. The maximum absolute atomic E-state index is 6.08. The third-order valence-electron chi connectivity index (χ3n) is 3.90. The van der Waals surface area contributed by atoms with Crippen LogP contribution in [-0.4, -0.2) is 36.1 Å². The number of hydrogen-bond acceptors (Lipinski definition) is 4. The minimum absolute atomic E-state index is 0.433. The number of anilines is 1. The van der Waals surface area contributed by atoms with Crippen LogP contribution in [0.5, 0.6) is 0 Å². The van der Waals surface area contributed by atoms with Gasteiger partial charge in [0.2, 0.25) is 0 Å². The van der Waals surface area contributed by atoms with Crippen molar-refractivity contribution in [2.75, 3.05) is 31.9 Å². The van der Waals surface area contributed by atoms with Crippen LogP contribution >= 0.6 is 0 Å². The average Bonchev–Trinajstić information content (AvgIpc) is 2.46. The molecule has 1 atom stereocenters. The van der Waals surface area contributed by atoms with Crippen molar-refractivity contribution in [1.29, 1.82) is 0 Å². The van der Waals surface area contributed by atoms with Crippen LogP contribution in [0, 0.1) is 0 Å². The summed E-state index contributed by atoms with van der Waals surface area (Å²) in [5.41, 5.74) is 7.29. The van der Waals surface area contributed by atoms with Crippen molar-refractivity contribution in [2.24, 2.45) is 0 Å². The van der Waals surface area contributed by atoms with Crippen LogP contribution in [0.2, 0.25) is 0 Å². The molecule has 1 aliphatic heterocycles. The van der Waals surface area contributed by atoms with E-state index in [1.165, 1.54) is 31.2 Å². The monoisotopic (exact) mass is 262 g/mol. The average molecular weight is 262 g/mol. The summed E-state index contributed by atoms with van der Waals surface area (Å²) < 4.78 is 0. The second-order valence-corrected chi connectivity index (χ2v) is 5.28. The molecule has 2 rings (SSSR count). The molecule has 4 heteroatoms. The van der Waals surface area contributed by atoms with Crippen molar-refractivity contribution in [2.45, 2.75) is 38.6 Å². The Morgan fingerprint density at radius 1 is 1.37 bits per heavy atom. The highest BCUT2D eigenvalue weighted by Gasteiger charge is 2.23. The van der Waals surface area contributed by atoms with Crippen molar-refractivity contribution in [3.8, 4) is 0 Å². The molecule has 0 aromatic carbocycles. The lowest BCUT2D eigenvalue weighted by atomic mass is 9.98. The number of pyridine rings is 1. The van der Waals surface area contributed by atoms with Gasteiger partial charge in [-0.25, -0.2) is 4.98 Å². The molecule has 0 amide bonds. The largest absolute Gasteiger partial charge is 0.383 e. The van der Waals surface area contributed by atoms with Gasteiger partial charge >= 0.3 is 0 Å². The Balaban J connectivity index is 2.10. The van der Waals surface area contributed by atoms with Gasteiger partial charge in [0.15, 0.2) is 0 Å². The summed E-state index contributed by atoms with van der Waals surface area (Å²) in [6.45, 7) is 6.60. The van der Waals surface area contributed by atoms with Crippen LogP contribution in [0.1, 0.15) is 44.2 Å². The minimum Gasteiger partial charge on any atom is -0.383 e. The molecule has 1 aromatic heterocycles. The number of aromatic nitrogens is 1. The molecule has 1 saturated heterocycles. The van der Waals surface area contributed by atoms with Crippen molar-refractivity contribution < 1.29 is 0 Å². The molecular weight excluding hydrogens is 236 g/mol. The van der Waals surface area contributed by atoms with Gasteiger partial charge in [0.05, 0.1) is 0 Å². The Morgan fingerprint density at radius 2 is 2.16 bits per heavy atom. The van der Waals surface area contributed by atoms with E-state index in [2.05, 4.69) is 28.2 Å². The molecule has 0 bridgehead atoms. The zero-order valence-corrected chi connectivity index (χ0v) is 11.9. The first-order valence-electron chi connectivity index (χ1n) is 7.48. The normalized spacial score (nSPS) is 18.4. The van der Waals surface area contributed by atoms with Crippen LogP contribution in [0.4, 0.5) is 5.82 Å². The number of hydrogen-bond donors (Lipinski definition) is 2. The van der Waals surface area contributed by atoms with Gasteiger partial charge in [0, 0.05) is 44.0 Å². The molecule has 0 aliphatic carbocycles. The third kappa shape index (κ3) is 3.91. The summed E-state index contributed by atoms with van der Waals surface area (Å²) in [7, 11) is 0. The molecule has 1 fully saturated rings. The first-order valence-corrected chi connectivity index (χ1v) is 7.48. The number of rotatable bonds is 6. The van der Waals surface area contributed by atoms with Crippen LogP contribution in [0.3, 0.4) is 0 Å². The first-order chi connectivity index (χ1) is 9.33. The number of piperazine rings is 1. The van der Waals surface area contributed by atoms with Crippen molar-refractivity contribution >= 4 is 5.82 Å². The van der Waals surface area contributed by atoms with Crippen molar-refractivity contribution in [3.05, 3.63) is 23.9 Å². The Kier molecular flexibility index (Phi) is 5.61. The summed E-state index contributed by atoms with van der Waals surface area (Å²) in [6, 6.07) is 4.57. The van der Waals surface area contributed by atoms with Crippen LogP contribution < -0.4 is 11.1 Å². The highest BCUT2D eigenvalue weighted by molar-refractivity contribution is 5.40. The Morgan fingerprint density at radius 3 is 2.84 bits per heavy atom. The predicted molar refractivity (Wildman–Crippen MR) is 80.0 cm³/mol. The van der Waals surface area contributed by atoms with E-state index in [4.69, 9.17) is 5.73 Å². The van der Waals surface area contributed by atoms with E-state index in [0.717, 1.165) is 26.2 Å². The molecule has 4 nitrogen and oxygen atoms in total. The Bertz CT molecular complexity index is 374. The molecule has 2 heterocycles. The fourth-order valence-electron chi connectivity index (χ4n) is 2.83. The summed E-state index contributed by atoms with van der Waals surface area (Å²) in [4.78, 5) is 6.81. The fraction of sp³-hybridized carbons (Fsp3) is 0.667. The summed E-state index contributed by atoms with van der Waals surface area (Å²) in [5, 5.41) is 3.41. The molecule has 1 aliphatic rings. The highest BCUT2D eigenvalue weighted by Crippen LogP contribution is 2.29. The summed E-state index contributed by atoms with van der Waals surface area (Å²) in [6.07, 6.45) is 6.78. The third-order valence-corrected chi connectivity index (χ3v) is 3.90. The number of nitrogen functional groups attached to an aromatic ring is 1. The predicted octanol–water partition coefficient (Wildman–Crippen LogP) is 2.19. The topological polar surface area (TPSA) is 54.2 Å². The molecule has 106 valence electrons. The van der Waals surface area contributed by atoms with Gasteiger partial charge in [-0.3, -0.25) is 4.90 Å². The summed E-state index contributed by atoms with van der Waals surface area (Å²) >= 11 is 0. The van der Waals surface area contributed by atoms with E-state index in [-0.39, 0.29) is 0 Å². The Hall–Kier alpha value is -1.13. The van der Waals surface area contributed by atoms with Gasteiger partial charge in [0.25, 0.3) is 0 Å². The molecule has 19 heavy (non-hydrogen) atoms. The Labute approximate surface area is 116 Å². The van der Waals surface area contributed by atoms with E-state index in [1.807, 2.05) is 6.07 Å². The lowest BCUT2D eigenvalue weighted by Crippen LogP contribution is -2.45. The number of nitrogens with zero attached hydrogens (tertiary/aromatic N) is 2. The van der Waals surface area contributed by atoms with Gasteiger partial charge < -0.3 is 11.1 Å². The van der Waals surface area contributed by atoms with E-state index in [9.17, 15) is 0 Å². The quantitative estimate of drug-likeness (QED) is 0.772. The number of unbranched alkanes of at least 4 members (excludes halogenated alkanes) is 2. The van der Waals surface area contributed by atoms with Gasteiger partial charge in [0.1, 0.15) is 5.82 Å². The fourth-order valence-corrected chi connectivity index (χ4v) is 2.83. The van der Waals surface area contributed by atoms with E-state index in [1.54, 1.807) is 6.20 Å². The zero-order chi connectivity index (χ0) is 13.5. The standard InChI is InChI=1S/C15H26N4/c1-2-3-4-7-14(19-11-9-17-10-12-19)13-6-5-8-18-15(13)16/h5-6,8,14,17H,2-4,7,9-12H2,1H3,(H2,16,18)/t14-/m0/s1. The first kappa shape index (κ1) is 14.3. The van der Waals surface area contributed by atoms with E-state index < -0.39 is 0 Å². The molecule has 1 aromatic rings.